The third-order valence-corrected chi connectivity index (χ3v) is 7.09. The lowest BCUT2D eigenvalue weighted by Crippen LogP contribution is -2.50. The first-order chi connectivity index (χ1) is 15.3. The van der Waals surface area contributed by atoms with Gasteiger partial charge in [0.15, 0.2) is 12.1 Å². The number of nitrogens with zero attached hydrogens (tertiary/aromatic N) is 3. The molecule has 1 amide bonds. The molecule has 1 aromatic carbocycles. The number of halogens is 3. The fourth-order valence-corrected chi connectivity index (χ4v) is 5.51. The molecule has 2 aliphatic heterocycles. The Bertz CT molecular complexity index is 1040. The summed E-state index contributed by atoms with van der Waals surface area (Å²) in [5.41, 5.74) is -0.313. The summed E-state index contributed by atoms with van der Waals surface area (Å²) in [4.78, 5) is 27.8. The van der Waals surface area contributed by atoms with Crippen LogP contribution in [0.5, 0.6) is 0 Å². The number of hydrogen-bond acceptors (Lipinski definition) is 4. The lowest BCUT2D eigenvalue weighted by atomic mass is 9.78. The standard InChI is InChI=1S/C23H24F3N3O3/c1-13(24)29-7-4-18(27-29)22(31)28-8-5-23(6-9-28)21(30)20-17(2-3-19(20)32-23)14-10-15(25)12-16(26)11-14/h4,7,10-13,17,19-20H,2-3,5-6,8-9H2,1H3/t13?,17-,19+,20?/m0/s1. The first-order valence-electron chi connectivity index (χ1n) is 10.9. The maximum atomic E-state index is 13.8. The second-order valence-corrected chi connectivity index (χ2v) is 8.97. The van der Waals surface area contributed by atoms with Crippen LogP contribution in [0.4, 0.5) is 13.2 Å². The molecule has 2 aromatic rings. The largest absolute Gasteiger partial charge is 0.363 e. The minimum absolute atomic E-state index is 0.0303. The van der Waals surface area contributed by atoms with Gasteiger partial charge in [0.05, 0.1) is 12.0 Å². The normalized spacial score (nSPS) is 27.7. The summed E-state index contributed by atoms with van der Waals surface area (Å²) in [6.07, 6.45) is 1.82. The first kappa shape index (κ1) is 21.2. The highest BCUT2D eigenvalue weighted by atomic mass is 19.1. The summed E-state index contributed by atoms with van der Waals surface area (Å²) in [6.45, 7) is 1.97. The van der Waals surface area contributed by atoms with Crippen LogP contribution in [0.15, 0.2) is 30.5 Å². The number of carbonyl (C=O) groups excluding carboxylic acids is 2. The van der Waals surface area contributed by atoms with Gasteiger partial charge >= 0.3 is 0 Å². The van der Waals surface area contributed by atoms with Crippen molar-refractivity contribution in [3.8, 4) is 0 Å². The number of alkyl halides is 1. The average Bonchev–Trinajstić information content (AvgIpc) is 3.45. The summed E-state index contributed by atoms with van der Waals surface area (Å²) in [5.74, 6) is -2.35. The third-order valence-electron chi connectivity index (χ3n) is 7.09. The molecule has 1 spiro atoms. The highest BCUT2D eigenvalue weighted by Gasteiger charge is 2.59. The Labute approximate surface area is 183 Å². The van der Waals surface area contributed by atoms with Gasteiger partial charge in [0.25, 0.3) is 5.91 Å². The predicted octanol–water partition coefficient (Wildman–Crippen LogP) is 3.79. The van der Waals surface area contributed by atoms with Crippen LogP contribution >= 0.6 is 0 Å². The zero-order chi connectivity index (χ0) is 22.6. The number of rotatable bonds is 3. The molecule has 1 aliphatic carbocycles. The maximum absolute atomic E-state index is 13.8. The molecule has 0 radical (unpaired) electrons. The van der Waals surface area contributed by atoms with Crippen molar-refractivity contribution >= 4 is 11.7 Å². The van der Waals surface area contributed by atoms with Crippen molar-refractivity contribution < 1.29 is 27.5 Å². The van der Waals surface area contributed by atoms with Gasteiger partial charge in [-0.1, -0.05) is 0 Å². The van der Waals surface area contributed by atoms with Crippen molar-refractivity contribution in [1.82, 2.24) is 14.7 Å². The molecule has 32 heavy (non-hydrogen) atoms. The number of Topliss-reactive ketones (excluding diaryl/α,β-unsaturated/α-hetero) is 1. The molecule has 3 fully saturated rings. The molecule has 5 rings (SSSR count). The molecular weight excluding hydrogens is 423 g/mol. The zero-order valence-corrected chi connectivity index (χ0v) is 17.6. The van der Waals surface area contributed by atoms with Crippen LogP contribution < -0.4 is 0 Å². The van der Waals surface area contributed by atoms with Gasteiger partial charge in [-0.15, -0.1) is 0 Å². The molecule has 1 saturated carbocycles. The molecule has 170 valence electrons. The monoisotopic (exact) mass is 447 g/mol. The van der Waals surface area contributed by atoms with Crippen molar-refractivity contribution in [2.75, 3.05) is 13.1 Å². The van der Waals surface area contributed by atoms with Crippen LogP contribution in [0.1, 0.15) is 60.9 Å². The Hall–Kier alpha value is -2.68. The molecule has 3 heterocycles. The van der Waals surface area contributed by atoms with E-state index < -0.39 is 29.4 Å². The topological polar surface area (TPSA) is 64.4 Å². The van der Waals surface area contributed by atoms with Crippen LogP contribution in [-0.4, -0.2) is 51.2 Å². The van der Waals surface area contributed by atoms with Crippen LogP contribution in [0, 0.1) is 17.6 Å². The second-order valence-electron chi connectivity index (χ2n) is 8.97. The van der Waals surface area contributed by atoms with Crippen LogP contribution in [0.3, 0.4) is 0 Å². The Morgan fingerprint density at radius 1 is 1.19 bits per heavy atom. The number of ether oxygens (including phenoxy) is 1. The van der Waals surface area contributed by atoms with Crippen LogP contribution in [-0.2, 0) is 9.53 Å². The summed E-state index contributed by atoms with van der Waals surface area (Å²) < 4.78 is 48.2. The van der Waals surface area contributed by atoms with Gasteiger partial charge in [0.1, 0.15) is 22.9 Å². The van der Waals surface area contributed by atoms with Gasteiger partial charge in [0, 0.05) is 38.2 Å². The van der Waals surface area contributed by atoms with Crippen molar-refractivity contribution in [3.63, 3.8) is 0 Å². The number of likely N-dealkylation sites (tertiary alicyclic amines) is 1. The summed E-state index contributed by atoms with van der Waals surface area (Å²) >= 11 is 0. The van der Waals surface area contributed by atoms with E-state index >= 15 is 0 Å². The Kier molecular flexibility index (Phi) is 5.11. The number of aromatic nitrogens is 2. The molecule has 0 N–H and O–H groups in total. The minimum Gasteiger partial charge on any atom is -0.363 e. The summed E-state index contributed by atoms with van der Waals surface area (Å²) in [6, 6.07) is 4.90. The van der Waals surface area contributed by atoms with Crippen molar-refractivity contribution in [2.45, 2.75) is 56.5 Å². The van der Waals surface area contributed by atoms with Crippen LogP contribution in [0.2, 0.25) is 0 Å². The van der Waals surface area contributed by atoms with Crippen LogP contribution in [0.25, 0.3) is 0 Å². The lowest BCUT2D eigenvalue weighted by molar-refractivity contribution is -0.140. The number of hydrogen-bond donors (Lipinski definition) is 0. The number of benzene rings is 1. The second kappa shape index (κ2) is 7.72. The third kappa shape index (κ3) is 3.43. The minimum atomic E-state index is -1.33. The van der Waals surface area contributed by atoms with Crippen molar-refractivity contribution in [1.29, 1.82) is 0 Å². The average molecular weight is 447 g/mol. The van der Waals surface area contributed by atoms with E-state index in [0.717, 1.165) is 10.7 Å². The number of amides is 1. The number of carbonyl (C=O) groups is 2. The van der Waals surface area contributed by atoms with E-state index in [9.17, 15) is 22.8 Å². The molecule has 9 heteroatoms. The fourth-order valence-electron chi connectivity index (χ4n) is 5.51. The van der Waals surface area contributed by atoms with Gasteiger partial charge < -0.3 is 9.64 Å². The molecular formula is C23H24F3N3O3. The van der Waals surface area contributed by atoms with E-state index in [2.05, 4.69) is 5.10 Å². The Morgan fingerprint density at radius 2 is 1.88 bits per heavy atom. The Morgan fingerprint density at radius 3 is 2.50 bits per heavy atom. The fraction of sp³-hybridized carbons (Fsp3) is 0.522. The molecule has 3 aliphatic rings. The van der Waals surface area contributed by atoms with Gasteiger partial charge in [-0.25, -0.2) is 17.9 Å². The smallest absolute Gasteiger partial charge is 0.274 e. The summed E-state index contributed by atoms with van der Waals surface area (Å²) in [5, 5.41) is 3.98. The lowest BCUT2D eigenvalue weighted by Gasteiger charge is -2.38. The number of piperidine rings is 1. The number of fused-ring (bicyclic) bond motifs is 1. The van der Waals surface area contributed by atoms with E-state index in [1.54, 1.807) is 4.90 Å². The van der Waals surface area contributed by atoms with Crippen molar-refractivity contribution in [2.24, 2.45) is 5.92 Å². The number of ketones is 1. The predicted molar refractivity (Wildman–Crippen MR) is 108 cm³/mol. The summed E-state index contributed by atoms with van der Waals surface area (Å²) in [7, 11) is 0. The van der Waals surface area contributed by atoms with E-state index in [1.165, 1.54) is 31.3 Å². The highest BCUT2D eigenvalue weighted by Crippen LogP contribution is 2.52. The first-order valence-corrected chi connectivity index (χ1v) is 10.9. The van der Waals surface area contributed by atoms with Crippen molar-refractivity contribution in [3.05, 3.63) is 53.4 Å². The Balaban J connectivity index is 1.29. The van der Waals surface area contributed by atoms with Gasteiger partial charge in [0.2, 0.25) is 0 Å². The van der Waals surface area contributed by atoms with E-state index in [0.29, 0.717) is 44.3 Å². The van der Waals surface area contributed by atoms with Gasteiger partial charge in [-0.2, -0.15) is 5.10 Å². The molecule has 6 nitrogen and oxygen atoms in total. The zero-order valence-electron chi connectivity index (χ0n) is 17.6. The van der Waals surface area contributed by atoms with E-state index in [-0.39, 0.29) is 29.4 Å². The van der Waals surface area contributed by atoms with E-state index in [4.69, 9.17) is 4.74 Å². The van der Waals surface area contributed by atoms with Gasteiger partial charge in [-0.3, -0.25) is 9.59 Å². The van der Waals surface area contributed by atoms with Gasteiger partial charge in [-0.05, 0) is 49.4 Å². The highest BCUT2D eigenvalue weighted by molar-refractivity contribution is 5.95. The SMILES string of the molecule is CC(F)n1ccc(C(=O)N2CCC3(CC2)O[C@@H]2CC[C@@H](c4cc(F)cc(F)c4)C2C3=O)n1. The molecule has 2 saturated heterocycles. The molecule has 0 bridgehead atoms. The molecule has 1 aromatic heterocycles. The maximum Gasteiger partial charge on any atom is 0.274 e. The quantitative estimate of drug-likeness (QED) is 0.718. The van der Waals surface area contributed by atoms with E-state index in [1.807, 2.05) is 0 Å². The molecule has 2 unspecified atom stereocenters. The molecule has 4 atom stereocenters.